The van der Waals surface area contributed by atoms with Gasteiger partial charge in [0.15, 0.2) is 18.5 Å². The van der Waals surface area contributed by atoms with Crippen molar-refractivity contribution in [3.05, 3.63) is 35.9 Å². The van der Waals surface area contributed by atoms with Gasteiger partial charge in [-0.25, -0.2) is 24.2 Å². The van der Waals surface area contributed by atoms with Gasteiger partial charge in [-0.15, -0.1) is 12.4 Å². The van der Waals surface area contributed by atoms with E-state index < -0.39 is 110 Å². The number of guanidine groups is 1. The largest absolute Gasteiger partial charge is 0.462 e. The first-order valence-corrected chi connectivity index (χ1v) is 21.8. The van der Waals surface area contributed by atoms with Crippen molar-refractivity contribution in [3.63, 3.8) is 0 Å². The topological polar surface area (TPSA) is 394 Å². The molecule has 0 aromatic heterocycles. The fourth-order valence-corrected chi connectivity index (χ4v) is 7.70. The summed E-state index contributed by atoms with van der Waals surface area (Å²) >= 11 is 0. The summed E-state index contributed by atoms with van der Waals surface area (Å²) in [7, 11) is 0. The van der Waals surface area contributed by atoms with E-state index in [1.54, 1.807) is 37.3 Å². The molecule has 1 aromatic carbocycles. The standard InChI is InChI=1S/C40H65N13O13.ClH/c1-19(2)46-15-5-4-13-45-14-6-16-47-25(54)12-9-21-7-10-22(11-8-21)64-35-30(48-36(41)42)32(56)26(20(3)63-35)51-39(59)53-33-29(50-38(44)58)31(55)24(18-61-33)65-34-28(49-37(43)57)27-23(17-62-34)66-40(60)52-27;/h7-12,19-20,23-24,26-35,45-46,55-56H,4-6,13-18H2,1-3H3,(H,47,54)(H,52,60)(H4,41,42,48)(H3,43,49,57)(H3,44,50,58)(H2,51,53,59);1H/b12-9+;/t20-,23-,24-,26-,27+,28-,29-,30-,31+,32+,33+,34+,35-;/m1./s1. The van der Waals surface area contributed by atoms with E-state index in [1.807, 2.05) is 0 Å². The van der Waals surface area contributed by atoms with Crippen LogP contribution in [0.5, 0.6) is 5.75 Å². The maximum Gasteiger partial charge on any atom is 0.407 e. The van der Waals surface area contributed by atoms with Crippen LogP contribution in [0, 0.1) is 0 Å². The quantitative estimate of drug-likeness (QED) is 0.0250. The third-order valence-corrected chi connectivity index (χ3v) is 10.9. The first kappa shape index (κ1) is 54.2. The molecule has 18 N–H and O–H groups in total. The molecule has 0 radical (unpaired) electrons. The molecule has 0 unspecified atom stereocenters. The van der Waals surface area contributed by atoms with Crippen molar-refractivity contribution < 1.29 is 62.6 Å². The molecule has 0 saturated carbocycles. The van der Waals surface area contributed by atoms with Gasteiger partial charge in [0, 0.05) is 18.7 Å². The van der Waals surface area contributed by atoms with Gasteiger partial charge in [0.05, 0.1) is 31.4 Å². The molecule has 13 atom stereocenters. The predicted octanol–water partition coefficient (Wildman–Crippen LogP) is -3.20. The number of fused-ring (bicyclic) bond motifs is 1. The number of halogens is 1. The minimum absolute atomic E-state index is 0. The number of amides is 8. The molecule has 4 heterocycles. The molecule has 4 aliphatic rings. The zero-order valence-corrected chi connectivity index (χ0v) is 38.3. The Hall–Kier alpha value is -5.45. The molecule has 376 valence electrons. The fourth-order valence-electron chi connectivity index (χ4n) is 7.70. The van der Waals surface area contributed by atoms with Crippen LogP contribution in [-0.2, 0) is 28.5 Å². The van der Waals surface area contributed by atoms with Crippen LogP contribution in [0.3, 0.4) is 0 Å². The lowest BCUT2D eigenvalue weighted by atomic mass is 9.95. The average Bonchev–Trinajstić information content (AvgIpc) is 3.64. The molecule has 0 spiro atoms. The number of aliphatic imine (C=N–C) groups is 1. The van der Waals surface area contributed by atoms with Gasteiger partial charge in [0.2, 0.25) is 12.2 Å². The van der Waals surface area contributed by atoms with Crippen LogP contribution >= 0.6 is 12.4 Å². The maximum absolute atomic E-state index is 13.5. The van der Waals surface area contributed by atoms with E-state index >= 15 is 0 Å². The van der Waals surface area contributed by atoms with Crippen LogP contribution < -0.4 is 70.2 Å². The summed E-state index contributed by atoms with van der Waals surface area (Å²) < 4.78 is 34.7. The van der Waals surface area contributed by atoms with E-state index in [4.69, 9.17) is 51.4 Å². The Morgan fingerprint density at radius 1 is 0.866 bits per heavy atom. The molecule has 0 bridgehead atoms. The van der Waals surface area contributed by atoms with Crippen molar-refractivity contribution in [2.45, 2.75) is 126 Å². The number of aliphatic hydroxyl groups excluding tert-OH is 2. The van der Waals surface area contributed by atoms with E-state index in [2.05, 4.69) is 61.4 Å². The number of nitrogens with zero attached hydrogens (tertiary/aromatic N) is 1. The van der Waals surface area contributed by atoms with Gasteiger partial charge >= 0.3 is 24.2 Å². The number of carbonyl (C=O) groups excluding carboxylic acids is 5. The number of urea groups is 3. The van der Waals surface area contributed by atoms with Gasteiger partial charge in [0.25, 0.3) is 0 Å². The SMILES string of the molecule is CC(C)NCCCCNCCCNC(=O)/C=C/c1ccc(O[C@H]2O[C@H](C)[C@@H](NC(=O)N[C@H]3OC[C@@H](O[C@@H]4OC[C@H]5OC(=O)N[C@@H]5[C@H]4NC(N)=O)[C@H](O)[C@H]3NC(N)=O)[C@H](O)[C@H]2N=C(N)N)cc1.Cl. The lowest BCUT2D eigenvalue weighted by Gasteiger charge is -2.44. The van der Waals surface area contributed by atoms with Crippen molar-refractivity contribution in [1.82, 2.24) is 42.5 Å². The molecule has 4 aliphatic heterocycles. The van der Waals surface area contributed by atoms with Crippen LogP contribution in [-0.4, -0.2) is 171 Å². The van der Waals surface area contributed by atoms with Gasteiger partial charge < -0.3 is 104 Å². The Bertz CT molecular complexity index is 1850. The molecule has 0 aliphatic carbocycles. The Labute approximate surface area is 393 Å². The first-order chi connectivity index (χ1) is 31.5. The average molecular weight is 972 g/mol. The number of unbranched alkanes of at least 4 members (excludes halogenated alkanes) is 1. The number of primary amides is 2. The highest BCUT2D eigenvalue weighted by Crippen LogP contribution is 2.29. The predicted molar refractivity (Wildman–Crippen MR) is 242 cm³/mol. The zero-order chi connectivity index (χ0) is 47.9. The molecule has 8 amide bonds. The van der Waals surface area contributed by atoms with Crippen LogP contribution in [0.2, 0.25) is 0 Å². The second kappa shape index (κ2) is 26.2. The Morgan fingerprint density at radius 3 is 2.24 bits per heavy atom. The number of aliphatic hydroxyl groups is 2. The molecule has 26 nitrogen and oxygen atoms in total. The third-order valence-electron chi connectivity index (χ3n) is 10.9. The van der Waals surface area contributed by atoms with Gasteiger partial charge in [-0.05, 0) is 69.6 Å². The summed E-state index contributed by atoms with van der Waals surface area (Å²) in [5.41, 5.74) is 22.9. The number of hydrogen-bond donors (Lipinski definition) is 14. The lowest BCUT2D eigenvalue weighted by molar-refractivity contribution is -0.260. The molecule has 67 heavy (non-hydrogen) atoms. The fraction of sp³-hybridized carbons (Fsp3) is 0.650. The summed E-state index contributed by atoms with van der Waals surface area (Å²) in [4.78, 5) is 65.7. The Balaban J connectivity index is 0.00000980. The highest BCUT2D eigenvalue weighted by atomic mass is 35.5. The van der Waals surface area contributed by atoms with Gasteiger partial charge in [0.1, 0.15) is 48.3 Å². The van der Waals surface area contributed by atoms with E-state index in [0.717, 1.165) is 38.9 Å². The molecule has 27 heteroatoms. The highest BCUT2D eigenvalue weighted by molar-refractivity contribution is 5.91. The smallest absolute Gasteiger partial charge is 0.407 e. The van der Waals surface area contributed by atoms with E-state index in [-0.39, 0.29) is 31.5 Å². The van der Waals surface area contributed by atoms with Crippen molar-refractivity contribution >= 4 is 54.5 Å². The number of benzene rings is 1. The number of nitrogens with two attached hydrogens (primary N) is 4. The number of alkyl carbamates (subject to hydrolysis) is 1. The van der Waals surface area contributed by atoms with Gasteiger partial charge in [-0.2, -0.15) is 0 Å². The summed E-state index contributed by atoms with van der Waals surface area (Å²) in [6.45, 7) is 8.58. The molecule has 1 aromatic rings. The van der Waals surface area contributed by atoms with Crippen LogP contribution in [0.25, 0.3) is 6.08 Å². The summed E-state index contributed by atoms with van der Waals surface area (Å²) in [5, 5.41) is 45.0. The lowest BCUT2D eigenvalue weighted by Crippen LogP contribution is -2.70. The summed E-state index contributed by atoms with van der Waals surface area (Å²) in [6.07, 6.45) is -4.59. The maximum atomic E-state index is 13.5. The molecule has 4 fully saturated rings. The number of nitrogens with one attached hydrogen (secondary N) is 8. The van der Waals surface area contributed by atoms with E-state index in [1.165, 1.54) is 6.08 Å². The van der Waals surface area contributed by atoms with E-state index in [9.17, 15) is 34.2 Å². The van der Waals surface area contributed by atoms with E-state index in [0.29, 0.717) is 23.9 Å². The second-order valence-corrected chi connectivity index (χ2v) is 16.4. The van der Waals surface area contributed by atoms with Crippen molar-refractivity contribution in [3.8, 4) is 5.75 Å². The van der Waals surface area contributed by atoms with Gasteiger partial charge in [-0.3, -0.25) is 4.79 Å². The minimum Gasteiger partial charge on any atom is -0.462 e. The Kier molecular flexibility index (Phi) is 21.2. The van der Waals surface area contributed by atoms with Crippen LogP contribution in [0.15, 0.2) is 35.3 Å². The first-order valence-electron chi connectivity index (χ1n) is 21.8. The van der Waals surface area contributed by atoms with Crippen molar-refractivity contribution in [1.29, 1.82) is 0 Å². The number of rotatable bonds is 21. The van der Waals surface area contributed by atoms with Crippen LogP contribution in [0.1, 0.15) is 45.6 Å². The summed E-state index contributed by atoms with van der Waals surface area (Å²) in [6, 6.07) is -1.43. The van der Waals surface area contributed by atoms with Crippen LogP contribution in [0.4, 0.5) is 19.2 Å². The summed E-state index contributed by atoms with van der Waals surface area (Å²) in [5.74, 6) is -0.299. The number of ether oxygens (including phenoxy) is 6. The van der Waals surface area contributed by atoms with Crippen molar-refractivity contribution in [2.75, 3.05) is 39.4 Å². The number of carbonyl (C=O) groups is 5. The monoisotopic (exact) mass is 971 g/mol. The minimum atomic E-state index is -1.60. The Morgan fingerprint density at radius 2 is 1.55 bits per heavy atom. The molecule has 5 rings (SSSR count). The normalized spacial score (nSPS) is 30.1. The third kappa shape index (κ3) is 16.4. The number of hydrogen-bond acceptors (Lipinski definition) is 16. The molecular formula is C40H66ClN13O13. The molecular weight excluding hydrogens is 906 g/mol. The zero-order valence-electron chi connectivity index (χ0n) is 37.5. The highest BCUT2D eigenvalue weighted by Gasteiger charge is 2.51. The van der Waals surface area contributed by atoms with Crippen molar-refractivity contribution in [2.24, 2.45) is 27.9 Å². The molecule has 4 saturated heterocycles. The second-order valence-electron chi connectivity index (χ2n) is 16.4. The van der Waals surface area contributed by atoms with Gasteiger partial charge in [-0.1, -0.05) is 26.0 Å².